The van der Waals surface area contributed by atoms with Crippen LogP contribution in [-0.4, -0.2) is 11.0 Å². The number of aromatic carboxylic acids is 1. The Labute approximate surface area is 185 Å². The minimum absolute atomic E-state index is 0. The number of carboxylic acids is 1. The van der Waals surface area contributed by atoms with Crippen LogP contribution in [0.4, 0.5) is 13.2 Å². The maximum atomic E-state index is 13.8. The van der Waals surface area contributed by atoms with Crippen LogP contribution in [0.2, 0.25) is 0 Å². The van der Waals surface area contributed by atoms with E-state index < -0.39 is 23.4 Å². The van der Waals surface area contributed by atoms with E-state index in [2.05, 4.69) is 4.98 Å². The van der Waals surface area contributed by atoms with Crippen molar-refractivity contribution in [1.82, 2.24) is 4.98 Å². The monoisotopic (exact) mass is 415 g/mol. The zero-order chi connectivity index (χ0) is 19.6. The number of halogens is 3. The summed E-state index contributed by atoms with van der Waals surface area (Å²) in [5.41, 5.74) is 1.38. The van der Waals surface area contributed by atoms with Gasteiger partial charge in [-0.3, -0.25) is 0 Å². The van der Waals surface area contributed by atoms with Crippen molar-refractivity contribution in [2.45, 2.75) is 20.0 Å². The van der Waals surface area contributed by atoms with Gasteiger partial charge in [0.15, 0.2) is 17.5 Å². The second kappa shape index (κ2) is 9.56. The summed E-state index contributed by atoms with van der Waals surface area (Å²) in [6.07, 6.45) is 0.301. The van der Waals surface area contributed by atoms with Gasteiger partial charge in [0, 0.05) is 22.9 Å². The molecule has 0 amide bonds. The van der Waals surface area contributed by atoms with E-state index in [0.29, 0.717) is 22.7 Å². The maximum Gasteiger partial charge on any atom is 1.00 e. The molecule has 0 N–H and O–H groups in total. The van der Waals surface area contributed by atoms with Gasteiger partial charge in [0.1, 0.15) is 12.4 Å². The molecule has 0 fully saturated rings. The molecule has 3 rings (SSSR count). The molecule has 2 aromatic carbocycles. The van der Waals surface area contributed by atoms with Crippen molar-refractivity contribution in [3.8, 4) is 5.75 Å². The first-order chi connectivity index (χ1) is 12.8. The van der Waals surface area contributed by atoms with Crippen molar-refractivity contribution < 1.29 is 57.4 Å². The maximum absolute atomic E-state index is 13.8. The number of hydrogen-bond donors (Lipinski definition) is 0. The van der Waals surface area contributed by atoms with Gasteiger partial charge < -0.3 is 14.6 Å². The third-order valence-electron chi connectivity index (χ3n) is 3.82. The number of benzene rings is 2. The first kappa shape index (κ1) is 22.4. The molecule has 0 spiro atoms. The topological polar surface area (TPSA) is 62.2 Å². The van der Waals surface area contributed by atoms with Crippen LogP contribution < -0.4 is 39.4 Å². The van der Waals surface area contributed by atoms with E-state index in [4.69, 9.17) is 4.74 Å². The molecular weight excluding hydrogens is 402 g/mol. The van der Waals surface area contributed by atoms with E-state index in [1.54, 1.807) is 12.1 Å². The summed E-state index contributed by atoms with van der Waals surface area (Å²) >= 11 is 1.17. The van der Waals surface area contributed by atoms with Crippen molar-refractivity contribution >= 4 is 17.3 Å². The van der Waals surface area contributed by atoms with Crippen molar-refractivity contribution in [3.05, 3.63) is 80.6 Å². The number of carbonyl (C=O) groups excluding carboxylic acids is 1. The molecule has 0 saturated carbocycles. The van der Waals surface area contributed by atoms with Crippen molar-refractivity contribution in [3.63, 3.8) is 0 Å². The summed E-state index contributed by atoms with van der Waals surface area (Å²) in [5, 5.41) is 12.8. The van der Waals surface area contributed by atoms with Crippen LogP contribution in [0.15, 0.2) is 35.7 Å². The molecule has 4 nitrogen and oxygen atoms in total. The normalized spacial score (nSPS) is 10.4. The van der Waals surface area contributed by atoms with Gasteiger partial charge in [-0.05, 0) is 25.1 Å². The van der Waals surface area contributed by atoms with Gasteiger partial charge in [0.05, 0.1) is 16.7 Å². The van der Waals surface area contributed by atoms with Gasteiger partial charge in [-0.2, -0.15) is 0 Å². The van der Waals surface area contributed by atoms with Crippen LogP contribution in [-0.2, 0) is 13.0 Å². The molecule has 28 heavy (non-hydrogen) atoms. The van der Waals surface area contributed by atoms with E-state index in [9.17, 15) is 23.1 Å². The Bertz CT molecular complexity index is 1010. The number of hydrogen-bond acceptors (Lipinski definition) is 5. The molecule has 1 heterocycles. The van der Waals surface area contributed by atoms with Crippen molar-refractivity contribution in [1.29, 1.82) is 0 Å². The van der Waals surface area contributed by atoms with Crippen LogP contribution in [0.3, 0.4) is 0 Å². The first-order valence-corrected chi connectivity index (χ1v) is 8.73. The SMILES string of the molecule is Cc1ccc(OCc2ccc(F)c(F)c2F)c(Cc2nc(C(=O)[O-])cs2)c1.[Na+]. The Balaban J connectivity index is 0.00000280. The summed E-state index contributed by atoms with van der Waals surface area (Å²) in [4.78, 5) is 14.8. The molecule has 0 radical (unpaired) electrons. The van der Waals surface area contributed by atoms with Gasteiger partial charge in [0.25, 0.3) is 0 Å². The van der Waals surface area contributed by atoms with Crippen LogP contribution in [0.1, 0.15) is 32.2 Å². The molecule has 3 aromatic rings. The molecular formula is C19H13F3NNaO3S. The summed E-state index contributed by atoms with van der Waals surface area (Å²) in [5.74, 6) is -5.04. The molecule has 0 bridgehead atoms. The summed E-state index contributed by atoms with van der Waals surface area (Å²) in [7, 11) is 0. The molecule has 9 heteroatoms. The Hall–Kier alpha value is -1.87. The number of aryl methyl sites for hydroxylation is 1. The number of nitrogens with zero attached hydrogens (tertiary/aromatic N) is 1. The fourth-order valence-corrected chi connectivity index (χ4v) is 3.26. The van der Waals surface area contributed by atoms with E-state index >= 15 is 0 Å². The number of thiazole rings is 1. The van der Waals surface area contributed by atoms with Gasteiger partial charge >= 0.3 is 29.6 Å². The molecule has 0 atom stereocenters. The second-order valence-electron chi connectivity index (χ2n) is 5.83. The van der Waals surface area contributed by atoms with Gasteiger partial charge in [-0.15, -0.1) is 11.3 Å². The Morgan fingerprint density at radius 2 is 1.89 bits per heavy atom. The second-order valence-corrected chi connectivity index (χ2v) is 6.77. The summed E-state index contributed by atoms with van der Waals surface area (Å²) < 4.78 is 45.8. The predicted molar refractivity (Wildman–Crippen MR) is 91.1 cm³/mol. The number of carbonyl (C=O) groups is 1. The molecule has 0 aliphatic heterocycles. The minimum atomic E-state index is -1.54. The number of rotatable bonds is 6. The number of carboxylic acid groups (broad SMARTS) is 1. The fraction of sp³-hybridized carbons (Fsp3) is 0.158. The standard InChI is InChI=1S/C19H14F3NO3S.Na/c1-10-2-5-15(26-8-11-3-4-13(20)18(22)17(11)21)12(6-10)7-16-23-14(9-27-16)19(24)25;/h2-6,9H,7-8H2,1H3,(H,24,25);/q;+1/p-1. The molecule has 0 unspecified atom stereocenters. The van der Waals surface area contributed by atoms with Crippen LogP contribution in [0.5, 0.6) is 5.75 Å². The molecule has 0 aliphatic carbocycles. The average molecular weight is 415 g/mol. The van der Waals surface area contributed by atoms with E-state index in [1.165, 1.54) is 16.7 Å². The van der Waals surface area contributed by atoms with Gasteiger partial charge in [-0.1, -0.05) is 17.7 Å². The van der Waals surface area contributed by atoms with Crippen LogP contribution >= 0.6 is 11.3 Å². The molecule has 0 saturated heterocycles. The number of aromatic nitrogens is 1. The zero-order valence-corrected chi connectivity index (χ0v) is 17.9. The molecule has 1 aromatic heterocycles. The van der Waals surface area contributed by atoms with Crippen molar-refractivity contribution in [2.75, 3.05) is 0 Å². The first-order valence-electron chi connectivity index (χ1n) is 7.85. The summed E-state index contributed by atoms with van der Waals surface area (Å²) in [6, 6.07) is 7.25. The minimum Gasteiger partial charge on any atom is -0.543 e. The Kier molecular flexibility index (Phi) is 7.65. The van der Waals surface area contributed by atoms with E-state index in [1.807, 2.05) is 13.0 Å². The Morgan fingerprint density at radius 3 is 2.57 bits per heavy atom. The van der Waals surface area contributed by atoms with Crippen LogP contribution in [0.25, 0.3) is 0 Å². The van der Waals surface area contributed by atoms with E-state index in [-0.39, 0.29) is 47.4 Å². The summed E-state index contributed by atoms with van der Waals surface area (Å²) in [6.45, 7) is 1.58. The largest absolute Gasteiger partial charge is 1.00 e. The average Bonchev–Trinajstić information content (AvgIpc) is 3.09. The van der Waals surface area contributed by atoms with E-state index in [0.717, 1.165) is 17.7 Å². The van der Waals surface area contributed by atoms with Gasteiger partial charge in [0.2, 0.25) is 0 Å². The quantitative estimate of drug-likeness (QED) is 0.432. The Morgan fingerprint density at radius 1 is 1.14 bits per heavy atom. The fourth-order valence-electron chi connectivity index (χ4n) is 2.47. The predicted octanol–water partition coefficient (Wildman–Crippen LogP) is 0.406. The molecule has 0 aliphatic rings. The third kappa shape index (κ3) is 5.14. The third-order valence-corrected chi connectivity index (χ3v) is 4.67. The zero-order valence-electron chi connectivity index (χ0n) is 15.1. The van der Waals surface area contributed by atoms with Gasteiger partial charge in [-0.25, -0.2) is 18.2 Å². The smallest absolute Gasteiger partial charge is 0.543 e. The molecule has 140 valence electrons. The van der Waals surface area contributed by atoms with Crippen LogP contribution in [0, 0.1) is 24.4 Å². The van der Waals surface area contributed by atoms with Crippen molar-refractivity contribution in [2.24, 2.45) is 0 Å². The number of ether oxygens (including phenoxy) is 1.